The van der Waals surface area contributed by atoms with Gasteiger partial charge in [-0.05, 0) is 42.5 Å². The first-order chi connectivity index (χ1) is 12.5. The van der Waals surface area contributed by atoms with Crippen molar-refractivity contribution >= 4 is 29.0 Å². The number of benzene rings is 2. The highest BCUT2D eigenvalue weighted by Gasteiger charge is 2.18. The number of nitrogens with zero attached hydrogens (tertiary/aromatic N) is 1. The molecule has 0 radical (unpaired) electrons. The third-order valence-corrected chi connectivity index (χ3v) is 4.01. The Hall–Kier alpha value is -3.05. The van der Waals surface area contributed by atoms with Crippen LogP contribution in [0.2, 0.25) is 5.02 Å². The van der Waals surface area contributed by atoms with Gasteiger partial charge in [-0.15, -0.1) is 0 Å². The maximum absolute atomic E-state index is 12.8. The summed E-state index contributed by atoms with van der Waals surface area (Å²) in [7, 11) is 1.78. The van der Waals surface area contributed by atoms with Crippen molar-refractivity contribution in [1.82, 2.24) is 4.57 Å². The number of aryl methyl sites for hydroxylation is 1. The van der Waals surface area contributed by atoms with Crippen molar-refractivity contribution in [3.8, 4) is 5.75 Å². The number of amides is 1. The molecule has 0 bridgehead atoms. The largest absolute Gasteiger partial charge is 0.483 e. The van der Waals surface area contributed by atoms with Gasteiger partial charge in [0.05, 0.1) is 11.3 Å². The van der Waals surface area contributed by atoms with Crippen LogP contribution < -0.4 is 10.1 Å². The van der Waals surface area contributed by atoms with Crippen molar-refractivity contribution in [3.63, 3.8) is 0 Å². The first kappa shape index (κ1) is 17.8. The molecule has 0 saturated heterocycles. The first-order valence-electron chi connectivity index (χ1n) is 7.98. The monoisotopic (exact) mass is 368 g/mol. The van der Waals surface area contributed by atoms with Gasteiger partial charge in [-0.25, -0.2) is 0 Å². The molecule has 0 aliphatic heterocycles. The summed E-state index contributed by atoms with van der Waals surface area (Å²) in [4.78, 5) is 24.8. The van der Waals surface area contributed by atoms with Gasteiger partial charge in [-0.2, -0.15) is 0 Å². The smallest absolute Gasteiger partial charge is 0.262 e. The van der Waals surface area contributed by atoms with Gasteiger partial charge in [0.1, 0.15) is 5.75 Å². The maximum Gasteiger partial charge on any atom is 0.262 e. The van der Waals surface area contributed by atoms with E-state index in [1.54, 1.807) is 60.3 Å². The quantitative estimate of drug-likeness (QED) is 0.671. The predicted octanol–water partition coefficient (Wildman–Crippen LogP) is 3.93. The van der Waals surface area contributed by atoms with Crippen LogP contribution in [0, 0.1) is 0 Å². The molecule has 26 heavy (non-hydrogen) atoms. The van der Waals surface area contributed by atoms with Crippen molar-refractivity contribution < 1.29 is 14.3 Å². The molecule has 6 heteroatoms. The number of para-hydroxylation sites is 1. The Morgan fingerprint density at radius 3 is 2.54 bits per heavy atom. The molecule has 5 nitrogen and oxygen atoms in total. The van der Waals surface area contributed by atoms with Crippen LogP contribution in [0.15, 0.2) is 66.9 Å². The van der Waals surface area contributed by atoms with Gasteiger partial charge in [0.2, 0.25) is 5.78 Å². The van der Waals surface area contributed by atoms with Crippen molar-refractivity contribution in [1.29, 1.82) is 0 Å². The minimum atomic E-state index is -0.316. The van der Waals surface area contributed by atoms with Gasteiger partial charge in [0, 0.05) is 24.0 Å². The van der Waals surface area contributed by atoms with Gasteiger partial charge in [0.25, 0.3) is 5.91 Å². The lowest BCUT2D eigenvalue weighted by atomic mass is 10.1. The van der Waals surface area contributed by atoms with Crippen LogP contribution in [-0.4, -0.2) is 22.9 Å². The highest BCUT2D eigenvalue weighted by atomic mass is 35.5. The number of nitrogens with one attached hydrogen (secondary N) is 1. The normalized spacial score (nSPS) is 10.4. The highest BCUT2D eigenvalue weighted by molar-refractivity contribution is 6.31. The molecular weight excluding hydrogens is 352 g/mol. The number of aromatic nitrogens is 1. The lowest BCUT2D eigenvalue weighted by molar-refractivity contribution is -0.118. The zero-order chi connectivity index (χ0) is 18.5. The number of hydrogen-bond acceptors (Lipinski definition) is 3. The summed E-state index contributed by atoms with van der Waals surface area (Å²) < 4.78 is 7.30. The van der Waals surface area contributed by atoms with Gasteiger partial charge < -0.3 is 14.6 Å². The molecule has 0 spiro atoms. The molecule has 132 valence electrons. The first-order valence-corrected chi connectivity index (χ1v) is 8.35. The standard InChI is InChI=1S/C20H17ClN2O3/c1-23-11-5-8-17(23)20(25)16-12-14(21)9-10-18(16)26-13-19(24)22-15-6-3-2-4-7-15/h2-12H,13H2,1H3,(H,22,24). The Morgan fingerprint density at radius 2 is 1.85 bits per heavy atom. The number of ketones is 1. The highest BCUT2D eigenvalue weighted by Crippen LogP contribution is 2.25. The summed E-state index contributed by atoms with van der Waals surface area (Å²) in [6.45, 7) is -0.218. The zero-order valence-corrected chi connectivity index (χ0v) is 14.9. The summed E-state index contributed by atoms with van der Waals surface area (Å²) in [5, 5.41) is 3.15. The van der Waals surface area contributed by atoms with Crippen LogP contribution in [0.3, 0.4) is 0 Å². The molecule has 3 aromatic rings. The van der Waals surface area contributed by atoms with Gasteiger partial charge in [0.15, 0.2) is 6.61 Å². The van der Waals surface area contributed by atoms with Crippen molar-refractivity contribution in [2.75, 3.05) is 11.9 Å². The summed E-state index contributed by atoms with van der Waals surface area (Å²) in [6.07, 6.45) is 1.78. The van der Waals surface area contributed by atoms with Gasteiger partial charge >= 0.3 is 0 Å². The van der Waals surface area contributed by atoms with E-state index < -0.39 is 0 Å². The van der Waals surface area contributed by atoms with Crippen LogP contribution in [0.4, 0.5) is 5.69 Å². The molecule has 0 aliphatic rings. The predicted molar refractivity (Wildman–Crippen MR) is 101 cm³/mol. The Morgan fingerprint density at radius 1 is 1.08 bits per heavy atom. The number of carbonyl (C=O) groups is 2. The summed E-state index contributed by atoms with van der Waals surface area (Å²) in [6, 6.07) is 17.3. The zero-order valence-electron chi connectivity index (χ0n) is 14.1. The molecule has 0 aliphatic carbocycles. The van der Waals surface area contributed by atoms with E-state index in [-0.39, 0.29) is 18.3 Å². The van der Waals surface area contributed by atoms with Gasteiger partial charge in [-0.3, -0.25) is 9.59 Å². The second kappa shape index (κ2) is 7.89. The van der Waals surface area contributed by atoms with E-state index >= 15 is 0 Å². The number of rotatable bonds is 6. The van der Waals surface area contributed by atoms with Crippen molar-refractivity contribution in [3.05, 3.63) is 83.1 Å². The van der Waals surface area contributed by atoms with Crippen LogP contribution in [0.1, 0.15) is 16.1 Å². The van der Waals surface area contributed by atoms with E-state index in [0.717, 1.165) is 0 Å². The Kier molecular flexibility index (Phi) is 5.39. The Bertz CT molecular complexity index is 935. The fourth-order valence-electron chi connectivity index (χ4n) is 2.50. The van der Waals surface area contributed by atoms with E-state index in [2.05, 4.69) is 5.32 Å². The fraction of sp³-hybridized carbons (Fsp3) is 0.100. The van der Waals surface area contributed by atoms with E-state index in [0.29, 0.717) is 27.7 Å². The van der Waals surface area contributed by atoms with E-state index in [9.17, 15) is 9.59 Å². The van der Waals surface area contributed by atoms with Crippen LogP contribution in [-0.2, 0) is 11.8 Å². The number of ether oxygens (including phenoxy) is 1. The topological polar surface area (TPSA) is 60.3 Å². The lowest BCUT2D eigenvalue weighted by Gasteiger charge is -2.12. The van der Waals surface area contributed by atoms with Crippen LogP contribution in [0.25, 0.3) is 0 Å². The maximum atomic E-state index is 12.8. The summed E-state index contributed by atoms with van der Waals surface area (Å²) in [5.74, 6) is -0.231. The average Bonchev–Trinajstić information content (AvgIpc) is 3.07. The number of hydrogen-bond donors (Lipinski definition) is 1. The van der Waals surface area contributed by atoms with E-state index in [1.165, 1.54) is 0 Å². The molecule has 1 aromatic heterocycles. The average molecular weight is 369 g/mol. The Labute approximate surface area is 156 Å². The Balaban J connectivity index is 1.75. The minimum absolute atomic E-state index is 0.218. The van der Waals surface area contributed by atoms with E-state index in [1.807, 2.05) is 18.2 Å². The molecule has 0 unspecified atom stereocenters. The molecule has 2 aromatic carbocycles. The van der Waals surface area contributed by atoms with Gasteiger partial charge in [-0.1, -0.05) is 29.8 Å². The molecule has 0 atom stereocenters. The number of halogens is 1. The third kappa shape index (κ3) is 4.13. The second-order valence-electron chi connectivity index (χ2n) is 5.68. The SMILES string of the molecule is Cn1cccc1C(=O)c1cc(Cl)ccc1OCC(=O)Nc1ccccc1. The van der Waals surface area contributed by atoms with Crippen LogP contribution in [0.5, 0.6) is 5.75 Å². The summed E-state index contributed by atoms with van der Waals surface area (Å²) in [5.41, 5.74) is 1.50. The summed E-state index contributed by atoms with van der Waals surface area (Å²) >= 11 is 6.04. The van der Waals surface area contributed by atoms with Crippen LogP contribution >= 0.6 is 11.6 Å². The molecule has 3 rings (SSSR count). The van der Waals surface area contributed by atoms with E-state index in [4.69, 9.17) is 16.3 Å². The number of anilines is 1. The molecular formula is C20H17ClN2O3. The molecule has 0 fully saturated rings. The minimum Gasteiger partial charge on any atom is -0.483 e. The van der Waals surface area contributed by atoms with Crippen molar-refractivity contribution in [2.45, 2.75) is 0 Å². The molecule has 1 N–H and O–H groups in total. The number of carbonyl (C=O) groups excluding carboxylic acids is 2. The lowest BCUT2D eigenvalue weighted by Crippen LogP contribution is -2.21. The van der Waals surface area contributed by atoms with Crippen molar-refractivity contribution in [2.24, 2.45) is 7.05 Å². The molecule has 0 saturated carbocycles. The second-order valence-corrected chi connectivity index (χ2v) is 6.11. The molecule has 1 heterocycles. The third-order valence-electron chi connectivity index (χ3n) is 3.78. The molecule has 1 amide bonds. The fourth-order valence-corrected chi connectivity index (χ4v) is 2.67.